The number of carbonyl (C=O) groups is 1. The van der Waals surface area contributed by atoms with Gasteiger partial charge in [-0.25, -0.2) is 4.79 Å². The van der Waals surface area contributed by atoms with Crippen molar-refractivity contribution < 1.29 is 14.6 Å². The molecule has 0 aliphatic heterocycles. The number of aromatic nitrogens is 2. The third kappa shape index (κ3) is 3.40. The van der Waals surface area contributed by atoms with E-state index < -0.39 is 5.97 Å². The van der Waals surface area contributed by atoms with E-state index in [9.17, 15) is 4.79 Å². The minimum absolute atomic E-state index is 0.0661. The summed E-state index contributed by atoms with van der Waals surface area (Å²) in [6, 6.07) is 16.8. The van der Waals surface area contributed by atoms with Crippen molar-refractivity contribution in [2.45, 2.75) is 13.3 Å². The largest absolute Gasteiger partial charge is 0.477 e. The molecule has 0 bridgehead atoms. The van der Waals surface area contributed by atoms with E-state index in [0.717, 1.165) is 17.7 Å². The Morgan fingerprint density at radius 3 is 2.22 bits per heavy atom. The molecule has 0 aliphatic carbocycles. The molecule has 2 aromatic carbocycles. The third-order valence-corrected chi connectivity index (χ3v) is 3.53. The van der Waals surface area contributed by atoms with E-state index >= 15 is 0 Å². The highest BCUT2D eigenvalue weighted by Gasteiger charge is 2.09. The molecule has 5 nitrogen and oxygen atoms in total. The highest BCUT2D eigenvalue weighted by Crippen LogP contribution is 2.25. The fraction of sp³-hybridized carbons (Fsp3) is 0.111. The van der Waals surface area contributed by atoms with E-state index in [1.807, 2.05) is 48.5 Å². The number of H-pyrrole nitrogens is 1. The van der Waals surface area contributed by atoms with Crippen molar-refractivity contribution in [1.82, 2.24) is 10.2 Å². The first kappa shape index (κ1) is 14.8. The number of aromatic amines is 1. The number of nitrogens with zero attached hydrogens (tertiary/aromatic N) is 1. The second kappa shape index (κ2) is 6.36. The molecule has 0 radical (unpaired) electrons. The van der Waals surface area contributed by atoms with Gasteiger partial charge in [-0.1, -0.05) is 19.1 Å². The van der Waals surface area contributed by atoms with Gasteiger partial charge in [-0.05, 0) is 54.4 Å². The van der Waals surface area contributed by atoms with Crippen LogP contribution in [0.15, 0.2) is 54.6 Å². The van der Waals surface area contributed by atoms with Crippen molar-refractivity contribution >= 4 is 5.97 Å². The summed E-state index contributed by atoms with van der Waals surface area (Å²) in [6.07, 6.45) is 0.997. The smallest absolute Gasteiger partial charge is 0.353 e. The zero-order valence-electron chi connectivity index (χ0n) is 12.6. The van der Waals surface area contributed by atoms with Crippen molar-refractivity contribution in [3.8, 4) is 22.8 Å². The average Bonchev–Trinajstić information content (AvgIpc) is 3.07. The normalized spacial score (nSPS) is 10.5. The predicted molar refractivity (Wildman–Crippen MR) is 86.9 cm³/mol. The molecule has 116 valence electrons. The van der Waals surface area contributed by atoms with Crippen molar-refractivity contribution in [1.29, 1.82) is 0 Å². The van der Waals surface area contributed by atoms with E-state index in [4.69, 9.17) is 9.84 Å². The first-order valence-electron chi connectivity index (χ1n) is 7.31. The molecule has 23 heavy (non-hydrogen) atoms. The molecule has 0 saturated carbocycles. The Labute approximate surface area is 133 Å². The topological polar surface area (TPSA) is 75.2 Å². The number of hydrogen-bond acceptors (Lipinski definition) is 3. The van der Waals surface area contributed by atoms with Crippen LogP contribution in [-0.4, -0.2) is 21.3 Å². The Balaban J connectivity index is 1.74. The number of aromatic carboxylic acids is 1. The number of ether oxygens (including phenoxy) is 1. The van der Waals surface area contributed by atoms with Gasteiger partial charge in [0.2, 0.25) is 0 Å². The summed E-state index contributed by atoms with van der Waals surface area (Å²) in [6.45, 7) is 2.11. The highest BCUT2D eigenvalue weighted by atomic mass is 16.5. The molecular weight excluding hydrogens is 292 g/mol. The van der Waals surface area contributed by atoms with Crippen LogP contribution in [0.5, 0.6) is 11.5 Å². The summed E-state index contributed by atoms with van der Waals surface area (Å²) >= 11 is 0. The average molecular weight is 308 g/mol. The first-order chi connectivity index (χ1) is 11.2. The van der Waals surface area contributed by atoms with Crippen LogP contribution in [0.3, 0.4) is 0 Å². The van der Waals surface area contributed by atoms with Crippen molar-refractivity contribution in [2.24, 2.45) is 0 Å². The maximum atomic E-state index is 10.9. The summed E-state index contributed by atoms with van der Waals surface area (Å²) in [7, 11) is 0. The molecule has 0 atom stereocenters. The van der Waals surface area contributed by atoms with E-state index in [1.165, 1.54) is 11.6 Å². The first-order valence-corrected chi connectivity index (χ1v) is 7.31. The lowest BCUT2D eigenvalue weighted by Gasteiger charge is -2.07. The van der Waals surface area contributed by atoms with Crippen LogP contribution in [0, 0.1) is 0 Å². The highest BCUT2D eigenvalue weighted by molar-refractivity contribution is 5.86. The monoisotopic (exact) mass is 308 g/mol. The molecule has 2 N–H and O–H groups in total. The second-order valence-corrected chi connectivity index (χ2v) is 5.10. The van der Waals surface area contributed by atoms with Crippen LogP contribution in [0.4, 0.5) is 0 Å². The summed E-state index contributed by atoms with van der Waals surface area (Å²) in [4.78, 5) is 10.9. The van der Waals surface area contributed by atoms with Gasteiger partial charge in [0.15, 0.2) is 0 Å². The van der Waals surface area contributed by atoms with Crippen LogP contribution in [-0.2, 0) is 6.42 Å². The number of carboxylic acids is 1. The third-order valence-electron chi connectivity index (χ3n) is 3.53. The van der Waals surface area contributed by atoms with Crippen LogP contribution in [0.25, 0.3) is 11.3 Å². The van der Waals surface area contributed by atoms with Gasteiger partial charge in [0, 0.05) is 5.56 Å². The van der Waals surface area contributed by atoms with Crippen molar-refractivity contribution in [3.63, 3.8) is 0 Å². The predicted octanol–water partition coefficient (Wildman–Crippen LogP) is 4.13. The van der Waals surface area contributed by atoms with Gasteiger partial charge >= 0.3 is 5.97 Å². The SMILES string of the molecule is CCc1ccc(Oc2ccc(-c3cc(C(=O)O)[nH]n3)cc2)cc1. The lowest BCUT2D eigenvalue weighted by Crippen LogP contribution is -1.95. The number of benzene rings is 2. The van der Waals surface area contributed by atoms with Crippen LogP contribution >= 0.6 is 0 Å². The minimum Gasteiger partial charge on any atom is -0.477 e. The molecule has 0 spiro atoms. The molecular formula is C18H16N2O3. The second-order valence-electron chi connectivity index (χ2n) is 5.10. The molecule has 0 amide bonds. The summed E-state index contributed by atoms with van der Waals surface area (Å²) in [5.74, 6) is 0.467. The molecule has 0 unspecified atom stereocenters. The standard InChI is InChI=1S/C18H16N2O3/c1-2-12-3-7-14(8-4-12)23-15-9-5-13(6-10-15)16-11-17(18(21)22)20-19-16/h3-11H,2H2,1H3,(H,19,20)(H,21,22). The summed E-state index contributed by atoms with van der Waals surface area (Å²) in [5.41, 5.74) is 2.74. The number of carboxylic acid groups (broad SMARTS) is 1. The zero-order valence-corrected chi connectivity index (χ0v) is 12.6. The van der Waals surface area contributed by atoms with Gasteiger partial charge in [0.25, 0.3) is 0 Å². The lowest BCUT2D eigenvalue weighted by molar-refractivity contribution is 0.0690. The Hall–Kier alpha value is -3.08. The number of aryl methyl sites for hydroxylation is 1. The van der Waals surface area contributed by atoms with E-state index in [1.54, 1.807) is 0 Å². The number of rotatable bonds is 5. The fourth-order valence-electron chi connectivity index (χ4n) is 2.20. The Morgan fingerprint density at radius 2 is 1.70 bits per heavy atom. The molecule has 0 aliphatic rings. The lowest BCUT2D eigenvalue weighted by atomic mass is 10.1. The molecule has 1 aromatic heterocycles. The quantitative estimate of drug-likeness (QED) is 0.743. The van der Waals surface area contributed by atoms with Gasteiger partial charge in [-0.3, -0.25) is 5.10 Å². The van der Waals surface area contributed by atoms with E-state index in [-0.39, 0.29) is 5.69 Å². The molecule has 1 heterocycles. The maximum Gasteiger partial charge on any atom is 0.353 e. The van der Waals surface area contributed by atoms with Gasteiger partial charge < -0.3 is 9.84 Å². The van der Waals surface area contributed by atoms with Crippen LogP contribution in [0.1, 0.15) is 23.0 Å². The van der Waals surface area contributed by atoms with Crippen molar-refractivity contribution in [2.75, 3.05) is 0 Å². The van der Waals surface area contributed by atoms with Gasteiger partial charge in [0.1, 0.15) is 17.2 Å². The van der Waals surface area contributed by atoms with Gasteiger partial charge in [-0.15, -0.1) is 0 Å². The summed E-state index contributed by atoms with van der Waals surface area (Å²) in [5, 5.41) is 15.4. The summed E-state index contributed by atoms with van der Waals surface area (Å²) < 4.78 is 5.79. The van der Waals surface area contributed by atoms with Crippen molar-refractivity contribution in [3.05, 3.63) is 65.9 Å². The molecule has 0 fully saturated rings. The van der Waals surface area contributed by atoms with Crippen LogP contribution < -0.4 is 4.74 Å². The molecule has 5 heteroatoms. The van der Waals surface area contributed by atoms with Crippen LogP contribution in [0.2, 0.25) is 0 Å². The zero-order chi connectivity index (χ0) is 16.2. The van der Waals surface area contributed by atoms with Gasteiger partial charge in [0.05, 0.1) is 5.69 Å². The number of hydrogen-bond donors (Lipinski definition) is 2. The number of nitrogens with one attached hydrogen (secondary N) is 1. The van der Waals surface area contributed by atoms with E-state index in [0.29, 0.717) is 11.4 Å². The molecule has 3 aromatic rings. The van der Waals surface area contributed by atoms with E-state index in [2.05, 4.69) is 17.1 Å². The Bertz CT molecular complexity index is 805. The fourth-order valence-corrected chi connectivity index (χ4v) is 2.20. The molecule has 3 rings (SSSR count). The minimum atomic E-state index is -1.03. The van der Waals surface area contributed by atoms with Gasteiger partial charge in [-0.2, -0.15) is 5.10 Å². The molecule has 0 saturated heterocycles. The maximum absolute atomic E-state index is 10.9. The Morgan fingerprint density at radius 1 is 1.09 bits per heavy atom. The Kier molecular flexibility index (Phi) is 4.10.